The molecule has 0 heterocycles. The Hall–Kier alpha value is -0.770. The topological polar surface area (TPSA) is 50.4 Å². The number of carbonyl (C=O) groups is 1. The maximum Gasteiger partial charge on any atom is 0.408 e. The largest absolute Gasteiger partial charge is 0.444 e. The SMILES string of the molecule is CCC1CCCCC1NCC(C)(C)NC(=O)OC(C)(C)C. The maximum absolute atomic E-state index is 11.9. The van der Waals surface area contributed by atoms with Crippen LogP contribution in [0.25, 0.3) is 0 Å². The van der Waals surface area contributed by atoms with E-state index in [-0.39, 0.29) is 11.6 Å². The molecule has 124 valence electrons. The summed E-state index contributed by atoms with van der Waals surface area (Å²) in [4.78, 5) is 11.9. The number of carbonyl (C=O) groups excluding carboxylic acids is 1. The van der Waals surface area contributed by atoms with E-state index in [1.807, 2.05) is 34.6 Å². The first-order valence-electron chi connectivity index (χ1n) is 8.37. The van der Waals surface area contributed by atoms with Crippen LogP contribution >= 0.6 is 0 Å². The van der Waals surface area contributed by atoms with Crippen LogP contribution < -0.4 is 10.6 Å². The van der Waals surface area contributed by atoms with Gasteiger partial charge < -0.3 is 15.4 Å². The molecule has 1 saturated carbocycles. The predicted molar refractivity (Wildman–Crippen MR) is 87.5 cm³/mol. The van der Waals surface area contributed by atoms with Crippen molar-refractivity contribution in [1.29, 1.82) is 0 Å². The average Bonchev–Trinajstić information content (AvgIpc) is 2.33. The minimum absolute atomic E-state index is 0.307. The smallest absolute Gasteiger partial charge is 0.408 e. The first-order valence-corrected chi connectivity index (χ1v) is 8.37. The van der Waals surface area contributed by atoms with Gasteiger partial charge in [-0.1, -0.05) is 26.2 Å². The maximum atomic E-state index is 11.9. The second kappa shape index (κ2) is 7.48. The summed E-state index contributed by atoms with van der Waals surface area (Å²) in [5.41, 5.74) is -0.762. The Morgan fingerprint density at radius 1 is 1.14 bits per heavy atom. The number of amides is 1. The normalized spacial score (nSPS) is 23.7. The summed E-state index contributed by atoms with van der Waals surface area (Å²) in [7, 11) is 0. The van der Waals surface area contributed by atoms with E-state index in [0.29, 0.717) is 6.04 Å². The van der Waals surface area contributed by atoms with E-state index >= 15 is 0 Å². The zero-order valence-corrected chi connectivity index (χ0v) is 14.7. The van der Waals surface area contributed by atoms with E-state index < -0.39 is 5.60 Å². The molecular weight excluding hydrogens is 264 g/mol. The van der Waals surface area contributed by atoms with Gasteiger partial charge in [-0.25, -0.2) is 4.79 Å². The molecule has 1 fully saturated rings. The van der Waals surface area contributed by atoms with Gasteiger partial charge in [0, 0.05) is 12.6 Å². The molecule has 4 nitrogen and oxygen atoms in total. The fourth-order valence-electron chi connectivity index (χ4n) is 2.98. The van der Waals surface area contributed by atoms with Crippen LogP contribution in [0.5, 0.6) is 0 Å². The molecule has 21 heavy (non-hydrogen) atoms. The van der Waals surface area contributed by atoms with Crippen molar-refractivity contribution in [3.8, 4) is 0 Å². The zero-order valence-electron chi connectivity index (χ0n) is 14.7. The molecule has 1 rings (SSSR count). The average molecular weight is 298 g/mol. The van der Waals surface area contributed by atoms with Crippen molar-refractivity contribution in [1.82, 2.24) is 10.6 Å². The predicted octanol–water partition coefficient (Wildman–Crippen LogP) is 3.85. The Balaban J connectivity index is 2.42. The first kappa shape index (κ1) is 18.3. The van der Waals surface area contributed by atoms with Crippen LogP contribution in [0.4, 0.5) is 4.79 Å². The highest BCUT2D eigenvalue weighted by molar-refractivity contribution is 5.68. The van der Waals surface area contributed by atoms with Crippen LogP contribution in [0, 0.1) is 5.92 Å². The Morgan fingerprint density at radius 2 is 1.76 bits per heavy atom. The van der Waals surface area contributed by atoms with Gasteiger partial charge in [0.2, 0.25) is 0 Å². The van der Waals surface area contributed by atoms with Crippen molar-refractivity contribution < 1.29 is 9.53 Å². The van der Waals surface area contributed by atoms with Crippen molar-refractivity contribution in [2.45, 2.75) is 90.8 Å². The van der Waals surface area contributed by atoms with Crippen molar-refractivity contribution >= 4 is 6.09 Å². The molecule has 2 unspecified atom stereocenters. The van der Waals surface area contributed by atoms with Crippen LogP contribution in [0.3, 0.4) is 0 Å². The molecule has 0 bridgehead atoms. The van der Waals surface area contributed by atoms with Crippen LogP contribution in [0.15, 0.2) is 0 Å². The number of hydrogen-bond acceptors (Lipinski definition) is 3. The second-order valence-electron chi connectivity index (χ2n) is 7.95. The number of nitrogens with one attached hydrogen (secondary N) is 2. The Labute approximate surface area is 130 Å². The quantitative estimate of drug-likeness (QED) is 0.810. The molecule has 0 aliphatic heterocycles. The van der Waals surface area contributed by atoms with E-state index in [4.69, 9.17) is 4.74 Å². The van der Waals surface area contributed by atoms with Gasteiger partial charge in [-0.05, 0) is 53.4 Å². The Kier molecular flexibility index (Phi) is 6.51. The lowest BCUT2D eigenvalue weighted by molar-refractivity contribution is 0.0468. The van der Waals surface area contributed by atoms with E-state index in [0.717, 1.165) is 12.5 Å². The number of ether oxygens (including phenoxy) is 1. The Bertz CT molecular complexity index is 334. The number of rotatable bonds is 5. The summed E-state index contributed by atoms with van der Waals surface area (Å²) in [6.07, 6.45) is 6.14. The molecule has 1 aliphatic rings. The third-order valence-corrected chi connectivity index (χ3v) is 4.08. The van der Waals surface area contributed by atoms with Crippen LogP contribution in [-0.2, 0) is 4.74 Å². The van der Waals surface area contributed by atoms with Crippen molar-refractivity contribution in [2.75, 3.05) is 6.54 Å². The molecule has 1 amide bonds. The molecule has 0 spiro atoms. The molecule has 0 aromatic rings. The molecule has 2 N–H and O–H groups in total. The molecule has 0 saturated heterocycles. The Morgan fingerprint density at radius 3 is 2.33 bits per heavy atom. The summed E-state index contributed by atoms with van der Waals surface area (Å²) in [5.74, 6) is 0.774. The number of hydrogen-bond donors (Lipinski definition) is 2. The van der Waals surface area contributed by atoms with Gasteiger partial charge in [0.1, 0.15) is 5.60 Å². The van der Waals surface area contributed by atoms with Crippen LogP contribution in [-0.4, -0.2) is 29.8 Å². The second-order valence-corrected chi connectivity index (χ2v) is 7.95. The highest BCUT2D eigenvalue weighted by atomic mass is 16.6. The third-order valence-electron chi connectivity index (χ3n) is 4.08. The standard InChI is InChI=1S/C17H34N2O2/c1-7-13-10-8-9-11-14(13)18-12-17(5,6)19-15(20)21-16(2,3)4/h13-14,18H,7-12H2,1-6H3,(H,19,20). The zero-order chi connectivity index (χ0) is 16.1. The summed E-state index contributed by atoms with van der Waals surface area (Å²) < 4.78 is 5.33. The van der Waals surface area contributed by atoms with Gasteiger partial charge in [0.05, 0.1) is 5.54 Å². The lowest BCUT2D eigenvalue weighted by Crippen LogP contribution is -2.54. The van der Waals surface area contributed by atoms with Crippen molar-refractivity contribution in [3.63, 3.8) is 0 Å². The summed E-state index contributed by atoms with van der Waals surface area (Å²) >= 11 is 0. The van der Waals surface area contributed by atoms with Gasteiger partial charge in [-0.2, -0.15) is 0 Å². The first-order chi connectivity index (χ1) is 9.63. The number of alkyl carbamates (subject to hydrolysis) is 1. The van der Waals surface area contributed by atoms with Gasteiger partial charge in [-0.15, -0.1) is 0 Å². The third kappa shape index (κ3) is 7.16. The lowest BCUT2D eigenvalue weighted by Gasteiger charge is -2.35. The summed E-state index contributed by atoms with van der Waals surface area (Å²) in [6, 6.07) is 0.587. The molecule has 4 heteroatoms. The van der Waals surface area contributed by atoms with Gasteiger partial charge in [-0.3, -0.25) is 0 Å². The fraction of sp³-hybridized carbons (Fsp3) is 0.941. The van der Waals surface area contributed by atoms with E-state index in [9.17, 15) is 4.79 Å². The summed E-state index contributed by atoms with van der Waals surface area (Å²) in [5, 5.41) is 6.62. The molecule has 0 radical (unpaired) electrons. The lowest BCUT2D eigenvalue weighted by atomic mass is 9.82. The van der Waals surface area contributed by atoms with Crippen molar-refractivity contribution in [3.05, 3.63) is 0 Å². The highest BCUT2D eigenvalue weighted by Gasteiger charge is 2.28. The monoisotopic (exact) mass is 298 g/mol. The highest BCUT2D eigenvalue weighted by Crippen LogP contribution is 2.27. The minimum Gasteiger partial charge on any atom is -0.444 e. The van der Waals surface area contributed by atoms with Crippen LogP contribution in [0.2, 0.25) is 0 Å². The molecule has 2 atom stereocenters. The summed E-state index contributed by atoms with van der Waals surface area (Å²) in [6.45, 7) is 12.8. The fourth-order valence-corrected chi connectivity index (χ4v) is 2.98. The van der Waals surface area contributed by atoms with E-state index in [2.05, 4.69) is 17.6 Å². The van der Waals surface area contributed by atoms with Gasteiger partial charge in [0.25, 0.3) is 0 Å². The molecule has 1 aliphatic carbocycles. The molecule has 0 aromatic carbocycles. The minimum atomic E-state index is -0.454. The molecule has 0 aromatic heterocycles. The van der Waals surface area contributed by atoms with E-state index in [1.54, 1.807) is 0 Å². The van der Waals surface area contributed by atoms with E-state index in [1.165, 1.54) is 32.1 Å². The van der Waals surface area contributed by atoms with Gasteiger partial charge >= 0.3 is 6.09 Å². The molecular formula is C17H34N2O2. The van der Waals surface area contributed by atoms with Crippen LogP contribution in [0.1, 0.15) is 73.6 Å². The van der Waals surface area contributed by atoms with Gasteiger partial charge in [0.15, 0.2) is 0 Å². The van der Waals surface area contributed by atoms with Crippen molar-refractivity contribution in [2.24, 2.45) is 5.92 Å².